The topological polar surface area (TPSA) is 54.0 Å². The number of carbonyl (C=O) groups excluding carboxylic acids is 1. The molecule has 0 aliphatic heterocycles. The maximum absolute atomic E-state index is 10.7. The number of hydrogen-bond acceptors (Lipinski definition) is 3. The predicted octanol–water partition coefficient (Wildman–Crippen LogP) is 1.39. The number of nitrogens with one attached hydrogen (secondary N) is 2. The Balaban J connectivity index is 2.92. The number of pyridine rings is 1. The van der Waals surface area contributed by atoms with Gasteiger partial charge >= 0.3 is 0 Å². The van der Waals surface area contributed by atoms with Gasteiger partial charge in [0.2, 0.25) is 5.91 Å². The Hall–Kier alpha value is -1.58. The van der Waals surface area contributed by atoms with Crippen molar-refractivity contribution in [1.82, 2.24) is 4.98 Å². The van der Waals surface area contributed by atoms with Gasteiger partial charge in [0.05, 0.1) is 0 Å². The van der Waals surface area contributed by atoms with Crippen LogP contribution in [0.3, 0.4) is 0 Å². The maximum Gasteiger partial charge on any atom is 0.222 e. The maximum atomic E-state index is 10.7. The summed E-state index contributed by atoms with van der Waals surface area (Å²) in [5.41, 5.74) is 1.05. The van der Waals surface area contributed by atoms with E-state index in [1.807, 2.05) is 13.0 Å². The van der Waals surface area contributed by atoms with Crippen LogP contribution in [0.1, 0.15) is 12.5 Å². The Morgan fingerprint density at radius 1 is 1.46 bits per heavy atom. The van der Waals surface area contributed by atoms with Gasteiger partial charge in [-0.05, 0) is 18.6 Å². The van der Waals surface area contributed by atoms with Gasteiger partial charge in [0.25, 0.3) is 0 Å². The molecule has 1 aromatic heterocycles. The standard InChI is InChI=1S/C9H13N3O/c1-6-4-5-8(11-7(2)13)12-9(6)10-3/h4-5H,1-3H3,(H2,10,11,12,13). The van der Waals surface area contributed by atoms with E-state index in [-0.39, 0.29) is 5.91 Å². The van der Waals surface area contributed by atoms with Gasteiger partial charge in [0, 0.05) is 14.0 Å². The van der Waals surface area contributed by atoms with Crippen LogP contribution in [0.15, 0.2) is 12.1 Å². The molecule has 0 aliphatic carbocycles. The van der Waals surface area contributed by atoms with Gasteiger partial charge in [0.15, 0.2) is 0 Å². The van der Waals surface area contributed by atoms with E-state index in [9.17, 15) is 4.79 Å². The van der Waals surface area contributed by atoms with Crippen molar-refractivity contribution >= 4 is 17.5 Å². The van der Waals surface area contributed by atoms with Gasteiger partial charge in [-0.1, -0.05) is 6.07 Å². The minimum Gasteiger partial charge on any atom is -0.373 e. The van der Waals surface area contributed by atoms with Crippen molar-refractivity contribution in [3.05, 3.63) is 17.7 Å². The summed E-state index contributed by atoms with van der Waals surface area (Å²) in [6.07, 6.45) is 0. The van der Waals surface area contributed by atoms with Crippen molar-refractivity contribution in [2.75, 3.05) is 17.7 Å². The average molecular weight is 179 g/mol. The molecule has 0 aromatic carbocycles. The van der Waals surface area contributed by atoms with E-state index < -0.39 is 0 Å². The number of aromatic nitrogens is 1. The second-order valence-electron chi connectivity index (χ2n) is 2.79. The largest absolute Gasteiger partial charge is 0.373 e. The van der Waals surface area contributed by atoms with Crippen LogP contribution < -0.4 is 10.6 Å². The highest BCUT2D eigenvalue weighted by molar-refractivity contribution is 5.87. The van der Waals surface area contributed by atoms with Crippen molar-refractivity contribution < 1.29 is 4.79 Å². The summed E-state index contributed by atoms with van der Waals surface area (Å²) in [5, 5.41) is 5.56. The lowest BCUT2D eigenvalue weighted by Crippen LogP contribution is -2.08. The number of amides is 1. The molecule has 0 unspecified atom stereocenters. The number of aryl methyl sites for hydroxylation is 1. The zero-order chi connectivity index (χ0) is 9.84. The number of nitrogens with zero attached hydrogens (tertiary/aromatic N) is 1. The minimum atomic E-state index is -0.113. The molecule has 0 atom stereocenters. The van der Waals surface area contributed by atoms with E-state index in [4.69, 9.17) is 0 Å². The summed E-state index contributed by atoms with van der Waals surface area (Å²) < 4.78 is 0. The third kappa shape index (κ3) is 2.43. The molecule has 1 rings (SSSR count). The molecule has 0 fully saturated rings. The number of hydrogen-bond donors (Lipinski definition) is 2. The van der Waals surface area contributed by atoms with Gasteiger partial charge < -0.3 is 10.6 Å². The zero-order valence-corrected chi connectivity index (χ0v) is 8.01. The summed E-state index contributed by atoms with van der Waals surface area (Å²) in [6, 6.07) is 3.68. The highest BCUT2D eigenvalue weighted by Crippen LogP contribution is 2.14. The Morgan fingerprint density at radius 3 is 2.69 bits per heavy atom. The smallest absolute Gasteiger partial charge is 0.222 e. The average Bonchev–Trinajstić information content (AvgIpc) is 2.07. The molecule has 13 heavy (non-hydrogen) atoms. The third-order valence-electron chi connectivity index (χ3n) is 1.64. The molecule has 0 bridgehead atoms. The summed E-state index contributed by atoms with van der Waals surface area (Å²) in [6.45, 7) is 3.41. The fraction of sp³-hybridized carbons (Fsp3) is 0.333. The molecular formula is C9H13N3O. The van der Waals surface area contributed by atoms with Crippen molar-refractivity contribution in [2.24, 2.45) is 0 Å². The molecule has 4 nitrogen and oxygen atoms in total. The Kier molecular flexibility index (Phi) is 2.84. The summed E-state index contributed by atoms with van der Waals surface area (Å²) in [4.78, 5) is 14.9. The molecule has 0 spiro atoms. The quantitative estimate of drug-likeness (QED) is 0.721. The number of anilines is 2. The fourth-order valence-electron chi connectivity index (χ4n) is 1.03. The number of carbonyl (C=O) groups is 1. The van der Waals surface area contributed by atoms with Crippen LogP contribution in [0, 0.1) is 6.92 Å². The van der Waals surface area contributed by atoms with Crippen molar-refractivity contribution in [2.45, 2.75) is 13.8 Å². The summed E-state index contributed by atoms with van der Waals surface area (Å²) in [5.74, 6) is 1.24. The lowest BCUT2D eigenvalue weighted by molar-refractivity contribution is -0.114. The second-order valence-corrected chi connectivity index (χ2v) is 2.79. The molecule has 0 aliphatic rings. The first-order valence-corrected chi connectivity index (χ1v) is 4.06. The lowest BCUT2D eigenvalue weighted by atomic mass is 10.3. The Morgan fingerprint density at radius 2 is 2.15 bits per heavy atom. The minimum absolute atomic E-state index is 0.113. The highest BCUT2D eigenvalue weighted by Gasteiger charge is 2.00. The van der Waals surface area contributed by atoms with Crippen molar-refractivity contribution in [3.63, 3.8) is 0 Å². The van der Waals surface area contributed by atoms with E-state index >= 15 is 0 Å². The molecule has 1 heterocycles. The third-order valence-corrected chi connectivity index (χ3v) is 1.64. The Bertz CT molecular complexity index is 323. The molecule has 70 valence electrons. The predicted molar refractivity (Wildman–Crippen MR) is 52.8 cm³/mol. The molecule has 1 amide bonds. The van der Waals surface area contributed by atoms with E-state index in [0.717, 1.165) is 11.4 Å². The Labute approximate surface area is 77.4 Å². The molecule has 0 radical (unpaired) electrons. The van der Waals surface area contributed by atoms with Gasteiger partial charge in [0.1, 0.15) is 11.6 Å². The monoisotopic (exact) mass is 179 g/mol. The summed E-state index contributed by atoms with van der Waals surface area (Å²) >= 11 is 0. The van der Waals surface area contributed by atoms with E-state index in [2.05, 4.69) is 15.6 Å². The first-order valence-electron chi connectivity index (χ1n) is 4.06. The van der Waals surface area contributed by atoms with Crippen molar-refractivity contribution in [1.29, 1.82) is 0 Å². The first-order chi connectivity index (χ1) is 6.13. The molecule has 2 N–H and O–H groups in total. The summed E-state index contributed by atoms with van der Waals surface area (Å²) in [7, 11) is 1.80. The van der Waals surface area contributed by atoms with Crippen molar-refractivity contribution in [3.8, 4) is 0 Å². The second kappa shape index (κ2) is 3.89. The molecule has 1 aromatic rings. The van der Waals surface area contributed by atoms with Crippen LogP contribution in [0.4, 0.5) is 11.6 Å². The van der Waals surface area contributed by atoms with Crippen LogP contribution >= 0.6 is 0 Å². The number of rotatable bonds is 2. The van der Waals surface area contributed by atoms with Crippen LogP contribution in [0.2, 0.25) is 0 Å². The van der Waals surface area contributed by atoms with Gasteiger partial charge in [-0.2, -0.15) is 0 Å². The van der Waals surface area contributed by atoms with Crippen LogP contribution in [0.25, 0.3) is 0 Å². The van der Waals surface area contributed by atoms with Crippen LogP contribution in [0.5, 0.6) is 0 Å². The van der Waals surface area contributed by atoms with Gasteiger partial charge in [-0.3, -0.25) is 4.79 Å². The SMILES string of the molecule is CNc1nc(NC(C)=O)ccc1C. The molecule has 0 saturated heterocycles. The van der Waals surface area contributed by atoms with Crippen LogP contribution in [-0.4, -0.2) is 17.9 Å². The molecule has 4 heteroatoms. The van der Waals surface area contributed by atoms with Crippen LogP contribution in [-0.2, 0) is 4.79 Å². The zero-order valence-electron chi connectivity index (χ0n) is 8.01. The highest BCUT2D eigenvalue weighted by atomic mass is 16.1. The van der Waals surface area contributed by atoms with Gasteiger partial charge in [-0.25, -0.2) is 4.98 Å². The molecular weight excluding hydrogens is 166 g/mol. The first kappa shape index (κ1) is 9.51. The van der Waals surface area contributed by atoms with E-state index in [1.54, 1.807) is 13.1 Å². The van der Waals surface area contributed by atoms with Gasteiger partial charge in [-0.15, -0.1) is 0 Å². The fourth-order valence-corrected chi connectivity index (χ4v) is 1.03. The lowest BCUT2D eigenvalue weighted by Gasteiger charge is -2.06. The van der Waals surface area contributed by atoms with E-state index in [1.165, 1.54) is 6.92 Å². The molecule has 0 saturated carbocycles. The normalized spacial score (nSPS) is 9.46. The van der Waals surface area contributed by atoms with E-state index in [0.29, 0.717) is 5.82 Å².